The Bertz CT molecular complexity index is 165. The summed E-state index contributed by atoms with van der Waals surface area (Å²) in [5.41, 5.74) is 0. The monoisotopic (exact) mass is 150 g/mol. The van der Waals surface area contributed by atoms with Gasteiger partial charge in [-0.3, -0.25) is 0 Å². The van der Waals surface area contributed by atoms with Crippen molar-refractivity contribution >= 4 is 0 Å². The molecule has 3 aliphatic rings. The van der Waals surface area contributed by atoms with Crippen LogP contribution in [0.1, 0.15) is 39.0 Å². The van der Waals surface area contributed by atoms with Crippen LogP contribution in [0.15, 0.2) is 0 Å². The Morgan fingerprint density at radius 2 is 1.82 bits per heavy atom. The molecule has 0 spiro atoms. The largest absolute Gasteiger partial charge is 0.0651 e. The predicted molar refractivity (Wildman–Crippen MR) is 46.2 cm³/mol. The molecule has 0 aromatic carbocycles. The van der Waals surface area contributed by atoms with E-state index >= 15 is 0 Å². The van der Waals surface area contributed by atoms with Crippen LogP contribution in [-0.2, 0) is 0 Å². The summed E-state index contributed by atoms with van der Waals surface area (Å²) < 4.78 is 0. The van der Waals surface area contributed by atoms with Gasteiger partial charge in [-0.2, -0.15) is 0 Å². The minimum absolute atomic E-state index is 1.14. The third-order valence-electron chi connectivity index (χ3n) is 4.85. The normalized spacial score (nSPS) is 59.2. The Hall–Kier alpha value is 0. The zero-order valence-corrected chi connectivity index (χ0v) is 7.42. The second-order valence-corrected chi connectivity index (χ2v) is 4.97. The highest BCUT2D eigenvalue weighted by molar-refractivity contribution is 5.04. The smallest absolute Gasteiger partial charge is 0.0352 e. The van der Waals surface area contributed by atoms with E-state index in [0.29, 0.717) is 0 Å². The van der Waals surface area contributed by atoms with Crippen molar-refractivity contribution in [2.45, 2.75) is 39.0 Å². The van der Waals surface area contributed by atoms with Crippen molar-refractivity contribution in [2.75, 3.05) is 0 Å². The van der Waals surface area contributed by atoms with Crippen LogP contribution in [0.4, 0.5) is 0 Å². The maximum atomic E-state index is 2.39. The van der Waals surface area contributed by atoms with E-state index in [4.69, 9.17) is 0 Å². The third kappa shape index (κ3) is 0.666. The van der Waals surface area contributed by atoms with Crippen LogP contribution in [-0.4, -0.2) is 0 Å². The van der Waals surface area contributed by atoms with Crippen LogP contribution in [0.25, 0.3) is 0 Å². The van der Waals surface area contributed by atoms with Crippen molar-refractivity contribution in [3.63, 3.8) is 0 Å². The molecular formula is C11H18. The Labute approximate surface area is 69.4 Å². The molecule has 0 amide bonds. The van der Waals surface area contributed by atoms with E-state index < -0.39 is 0 Å². The molecule has 3 aliphatic carbocycles. The summed E-state index contributed by atoms with van der Waals surface area (Å²) in [5.74, 6) is 5.93. The maximum absolute atomic E-state index is 2.39. The van der Waals surface area contributed by atoms with Gasteiger partial charge in [-0.05, 0) is 55.3 Å². The van der Waals surface area contributed by atoms with Crippen molar-refractivity contribution in [2.24, 2.45) is 29.6 Å². The van der Waals surface area contributed by atoms with E-state index in [2.05, 4.69) is 6.92 Å². The molecule has 5 unspecified atom stereocenters. The van der Waals surface area contributed by atoms with Crippen LogP contribution in [0, 0.1) is 29.6 Å². The molecule has 0 aliphatic heterocycles. The topological polar surface area (TPSA) is 0 Å². The van der Waals surface area contributed by atoms with Gasteiger partial charge in [0.1, 0.15) is 0 Å². The second kappa shape index (κ2) is 2.02. The highest BCUT2D eigenvalue weighted by Crippen LogP contribution is 2.63. The molecule has 5 atom stereocenters. The first kappa shape index (κ1) is 6.51. The van der Waals surface area contributed by atoms with Crippen LogP contribution < -0.4 is 0 Å². The molecule has 3 fully saturated rings. The van der Waals surface area contributed by atoms with Crippen LogP contribution in [0.2, 0.25) is 0 Å². The molecule has 0 aromatic heterocycles. The van der Waals surface area contributed by atoms with Gasteiger partial charge in [-0.1, -0.05) is 13.3 Å². The van der Waals surface area contributed by atoms with Crippen molar-refractivity contribution in [1.82, 2.24) is 0 Å². The summed E-state index contributed by atoms with van der Waals surface area (Å²) in [5, 5.41) is 0. The molecule has 62 valence electrons. The lowest BCUT2D eigenvalue weighted by Gasteiger charge is -2.43. The Morgan fingerprint density at radius 3 is 2.36 bits per heavy atom. The maximum Gasteiger partial charge on any atom is -0.0352 e. The second-order valence-electron chi connectivity index (χ2n) is 4.97. The lowest BCUT2D eigenvalue weighted by atomic mass is 9.62. The average Bonchev–Trinajstić information content (AvgIpc) is 2.38. The SMILES string of the molecule is CCC1CC2CC1C1CCC21. The standard InChI is InChI=1S/C11H18/c1-2-7-5-8-6-11(7)10-4-3-9(8)10/h7-11H,2-6H2,1H3. The summed E-state index contributed by atoms with van der Waals surface area (Å²) in [6.45, 7) is 2.39. The van der Waals surface area contributed by atoms with Gasteiger partial charge in [0.05, 0.1) is 0 Å². The number of hydrogen-bond donors (Lipinski definition) is 0. The molecule has 2 bridgehead atoms. The number of hydrogen-bond acceptors (Lipinski definition) is 0. The van der Waals surface area contributed by atoms with Crippen LogP contribution >= 0.6 is 0 Å². The van der Waals surface area contributed by atoms with E-state index in [-0.39, 0.29) is 0 Å². The molecule has 0 radical (unpaired) electrons. The molecule has 0 aromatic rings. The van der Waals surface area contributed by atoms with E-state index in [1.54, 1.807) is 25.7 Å². The van der Waals surface area contributed by atoms with Gasteiger partial charge in [0.25, 0.3) is 0 Å². The first-order valence-electron chi connectivity index (χ1n) is 5.40. The lowest BCUT2D eigenvalue weighted by molar-refractivity contribution is 0.0645. The van der Waals surface area contributed by atoms with Crippen molar-refractivity contribution in [3.8, 4) is 0 Å². The molecule has 0 N–H and O–H groups in total. The van der Waals surface area contributed by atoms with Crippen LogP contribution in [0.3, 0.4) is 0 Å². The highest BCUT2D eigenvalue weighted by Gasteiger charge is 2.55. The zero-order valence-electron chi connectivity index (χ0n) is 7.42. The molecule has 3 saturated carbocycles. The number of fused-ring (bicyclic) bond motifs is 5. The highest BCUT2D eigenvalue weighted by atomic mass is 14.6. The summed E-state index contributed by atoms with van der Waals surface area (Å²) in [6.07, 6.45) is 7.85. The molecule has 11 heavy (non-hydrogen) atoms. The lowest BCUT2D eigenvalue weighted by Crippen LogP contribution is -2.35. The fourth-order valence-corrected chi connectivity index (χ4v) is 4.21. The van der Waals surface area contributed by atoms with Crippen molar-refractivity contribution in [3.05, 3.63) is 0 Å². The van der Waals surface area contributed by atoms with Gasteiger partial charge in [-0.15, -0.1) is 0 Å². The minimum atomic E-state index is 1.14. The van der Waals surface area contributed by atoms with Gasteiger partial charge in [0.2, 0.25) is 0 Å². The fraction of sp³-hybridized carbons (Fsp3) is 1.00. The first-order chi connectivity index (χ1) is 5.40. The van der Waals surface area contributed by atoms with Gasteiger partial charge in [-0.25, -0.2) is 0 Å². The van der Waals surface area contributed by atoms with E-state index in [0.717, 1.165) is 5.92 Å². The number of rotatable bonds is 1. The van der Waals surface area contributed by atoms with Gasteiger partial charge in [0, 0.05) is 0 Å². The molecule has 0 saturated heterocycles. The molecule has 0 nitrogen and oxygen atoms in total. The molecule has 0 heterocycles. The van der Waals surface area contributed by atoms with Crippen LogP contribution in [0.5, 0.6) is 0 Å². The zero-order chi connectivity index (χ0) is 7.42. The Kier molecular flexibility index (Phi) is 1.20. The summed E-state index contributed by atoms with van der Waals surface area (Å²) in [4.78, 5) is 0. The van der Waals surface area contributed by atoms with E-state index in [1.165, 1.54) is 30.1 Å². The van der Waals surface area contributed by atoms with Gasteiger partial charge < -0.3 is 0 Å². The third-order valence-corrected chi connectivity index (χ3v) is 4.85. The predicted octanol–water partition coefficient (Wildman–Crippen LogP) is 3.08. The first-order valence-corrected chi connectivity index (χ1v) is 5.40. The Balaban J connectivity index is 1.83. The minimum Gasteiger partial charge on any atom is -0.0651 e. The fourth-order valence-electron chi connectivity index (χ4n) is 4.21. The quantitative estimate of drug-likeness (QED) is 0.539. The van der Waals surface area contributed by atoms with Crippen molar-refractivity contribution < 1.29 is 0 Å². The summed E-state index contributed by atoms with van der Waals surface area (Å²) >= 11 is 0. The van der Waals surface area contributed by atoms with Gasteiger partial charge in [0.15, 0.2) is 0 Å². The summed E-state index contributed by atoms with van der Waals surface area (Å²) in [6, 6.07) is 0. The molecule has 0 heteroatoms. The van der Waals surface area contributed by atoms with Crippen molar-refractivity contribution in [1.29, 1.82) is 0 Å². The molecular weight excluding hydrogens is 132 g/mol. The van der Waals surface area contributed by atoms with Gasteiger partial charge >= 0.3 is 0 Å². The Morgan fingerprint density at radius 1 is 1.00 bits per heavy atom. The molecule has 3 rings (SSSR count). The van der Waals surface area contributed by atoms with E-state index in [9.17, 15) is 0 Å². The van der Waals surface area contributed by atoms with E-state index in [1.807, 2.05) is 0 Å². The summed E-state index contributed by atoms with van der Waals surface area (Å²) in [7, 11) is 0. The average molecular weight is 150 g/mol.